The third kappa shape index (κ3) is 1.91. The van der Waals surface area contributed by atoms with E-state index >= 15 is 0 Å². The molecular weight excluding hydrogens is 228 g/mol. The first kappa shape index (κ1) is 10.4. The molecule has 0 aliphatic carbocycles. The highest BCUT2D eigenvalue weighted by Crippen LogP contribution is 2.14. The van der Waals surface area contributed by atoms with Gasteiger partial charge in [-0.05, 0) is 18.2 Å². The number of nitrogens with zero attached hydrogens (tertiary/aromatic N) is 5. The van der Waals surface area contributed by atoms with Gasteiger partial charge in [0.2, 0.25) is 0 Å². The Morgan fingerprint density at radius 1 is 1.00 bits per heavy atom. The fraction of sp³-hybridized carbons (Fsp3) is 0. The van der Waals surface area contributed by atoms with E-state index in [-0.39, 0.29) is 0 Å². The highest BCUT2D eigenvalue weighted by atomic mass is 15.4. The van der Waals surface area contributed by atoms with Crippen molar-refractivity contribution in [2.24, 2.45) is 0 Å². The lowest BCUT2D eigenvalue weighted by Gasteiger charge is -1.98. The molecule has 0 aliphatic heterocycles. The Kier molecular flexibility index (Phi) is 2.45. The van der Waals surface area contributed by atoms with Crippen molar-refractivity contribution in [3.63, 3.8) is 0 Å². The average Bonchev–Trinajstić information content (AvgIpc) is 2.89. The lowest BCUT2D eigenvalue weighted by molar-refractivity contribution is 0.782. The van der Waals surface area contributed by atoms with Gasteiger partial charge >= 0.3 is 0 Å². The van der Waals surface area contributed by atoms with Crippen LogP contribution in [0.25, 0.3) is 17.2 Å². The molecule has 0 fully saturated rings. The van der Waals surface area contributed by atoms with Gasteiger partial charge < -0.3 is 5.73 Å². The molecule has 0 bridgehead atoms. The van der Waals surface area contributed by atoms with Gasteiger partial charge in [-0.3, -0.25) is 4.98 Å². The van der Waals surface area contributed by atoms with Crippen molar-refractivity contribution >= 4 is 5.69 Å². The van der Waals surface area contributed by atoms with Crippen LogP contribution in [0.3, 0.4) is 0 Å². The summed E-state index contributed by atoms with van der Waals surface area (Å²) in [6.45, 7) is 0. The molecule has 3 aromatic rings. The van der Waals surface area contributed by atoms with E-state index in [4.69, 9.17) is 5.73 Å². The zero-order chi connectivity index (χ0) is 12.4. The Morgan fingerprint density at radius 2 is 1.94 bits per heavy atom. The van der Waals surface area contributed by atoms with Crippen LogP contribution in [0.4, 0.5) is 5.69 Å². The normalized spacial score (nSPS) is 10.4. The highest BCUT2D eigenvalue weighted by Gasteiger charge is 2.06. The molecule has 0 atom stereocenters. The van der Waals surface area contributed by atoms with Crippen LogP contribution in [-0.2, 0) is 0 Å². The van der Waals surface area contributed by atoms with Crippen LogP contribution in [0, 0.1) is 0 Å². The van der Waals surface area contributed by atoms with Crippen molar-refractivity contribution in [3.05, 3.63) is 48.9 Å². The molecular formula is C12H10N6. The molecule has 88 valence electrons. The molecule has 0 saturated carbocycles. The van der Waals surface area contributed by atoms with Crippen LogP contribution in [0.1, 0.15) is 0 Å². The standard InChI is InChI=1S/C12H10N6/c13-9-4-6-15-12(7-9)18-8-11(16-17-18)10-3-1-2-5-14-10/h1-8H,(H2,13,15). The molecule has 0 aliphatic rings. The number of nitrogens with two attached hydrogens (primary N) is 1. The minimum atomic E-state index is 0.629. The van der Waals surface area contributed by atoms with Crippen LogP contribution in [0.2, 0.25) is 0 Å². The number of pyridine rings is 2. The third-order valence-corrected chi connectivity index (χ3v) is 2.42. The maximum atomic E-state index is 5.70. The van der Waals surface area contributed by atoms with E-state index in [2.05, 4.69) is 20.3 Å². The van der Waals surface area contributed by atoms with Crippen molar-refractivity contribution in [1.82, 2.24) is 25.0 Å². The van der Waals surface area contributed by atoms with E-state index in [0.717, 1.165) is 5.69 Å². The number of anilines is 1. The highest BCUT2D eigenvalue weighted by molar-refractivity contribution is 5.52. The monoisotopic (exact) mass is 238 g/mol. The fourth-order valence-electron chi connectivity index (χ4n) is 1.57. The SMILES string of the molecule is Nc1ccnc(-n2cc(-c3ccccn3)nn2)c1. The molecule has 18 heavy (non-hydrogen) atoms. The van der Waals surface area contributed by atoms with Gasteiger partial charge in [-0.15, -0.1) is 5.10 Å². The van der Waals surface area contributed by atoms with Crippen molar-refractivity contribution in [3.8, 4) is 17.2 Å². The number of aromatic nitrogens is 5. The van der Waals surface area contributed by atoms with Crippen LogP contribution in [0.15, 0.2) is 48.9 Å². The first-order valence-electron chi connectivity index (χ1n) is 5.38. The van der Waals surface area contributed by atoms with Gasteiger partial charge in [0.05, 0.1) is 11.9 Å². The second-order valence-corrected chi connectivity index (χ2v) is 3.71. The van der Waals surface area contributed by atoms with Gasteiger partial charge in [0.15, 0.2) is 5.82 Å². The van der Waals surface area contributed by atoms with E-state index in [1.807, 2.05) is 18.2 Å². The molecule has 6 nitrogen and oxygen atoms in total. The summed E-state index contributed by atoms with van der Waals surface area (Å²) in [6, 6.07) is 9.09. The van der Waals surface area contributed by atoms with Crippen LogP contribution in [0.5, 0.6) is 0 Å². The zero-order valence-electron chi connectivity index (χ0n) is 9.43. The summed E-state index contributed by atoms with van der Waals surface area (Å²) in [5.41, 5.74) is 7.80. The van der Waals surface area contributed by atoms with Gasteiger partial charge in [0.1, 0.15) is 5.69 Å². The van der Waals surface area contributed by atoms with Gasteiger partial charge in [-0.2, -0.15) is 0 Å². The molecule has 0 unspecified atom stereocenters. The minimum Gasteiger partial charge on any atom is -0.399 e. The summed E-state index contributed by atoms with van der Waals surface area (Å²) in [7, 11) is 0. The molecule has 0 saturated heterocycles. The van der Waals surface area contributed by atoms with Gasteiger partial charge in [0, 0.05) is 24.1 Å². The smallest absolute Gasteiger partial charge is 0.157 e. The summed E-state index contributed by atoms with van der Waals surface area (Å²) in [4.78, 5) is 8.39. The third-order valence-electron chi connectivity index (χ3n) is 2.42. The molecule has 3 heterocycles. The molecule has 0 amide bonds. The molecule has 0 aromatic carbocycles. The number of hydrogen-bond donors (Lipinski definition) is 1. The average molecular weight is 238 g/mol. The van der Waals surface area contributed by atoms with E-state index in [1.54, 1.807) is 35.4 Å². The second-order valence-electron chi connectivity index (χ2n) is 3.71. The molecule has 3 rings (SSSR count). The second kappa shape index (κ2) is 4.25. The topological polar surface area (TPSA) is 82.5 Å². The Labute approximate surface area is 103 Å². The number of nitrogen functional groups attached to an aromatic ring is 1. The predicted octanol–water partition coefficient (Wildman–Crippen LogP) is 1.31. The summed E-state index contributed by atoms with van der Waals surface area (Å²) in [5.74, 6) is 0.629. The Balaban J connectivity index is 2.00. The lowest BCUT2D eigenvalue weighted by atomic mass is 10.3. The summed E-state index contributed by atoms with van der Waals surface area (Å²) in [5, 5.41) is 8.07. The van der Waals surface area contributed by atoms with Crippen molar-refractivity contribution in [2.75, 3.05) is 5.73 Å². The number of hydrogen-bond acceptors (Lipinski definition) is 5. The molecule has 0 radical (unpaired) electrons. The van der Waals surface area contributed by atoms with E-state index in [0.29, 0.717) is 17.2 Å². The zero-order valence-corrected chi connectivity index (χ0v) is 9.43. The predicted molar refractivity (Wildman–Crippen MR) is 66.8 cm³/mol. The van der Waals surface area contributed by atoms with Gasteiger partial charge in [0.25, 0.3) is 0 Å². The minimum absolute atomic E-state index is 0.629. The van der Waals surface area contributed by atoms with Crippen molar-refractivity contribution in [2.45, 2.75) is 0 Å². The van der Waals surface area contributed by atoms with Crippen LogP contribution in [-0.4, -0.2) is 25.0 Å². The number of rotatable bonds is 2. The summed E-state index contributed by atoms with van der Waals surface area (Å²) < 4.78 is 1.57. The molecule has 2 N–H and O–H groups in total. The maximum absolute atomic E-state index is 5.70. The first-order valence-corrected chi connectivity index (χ1v) is 5.38. The molecule has 3 aromatic heterocycles. The van der Waals surface area contributed by atoms with E-state index in [9.17, 15) is 0 Å². The lowest BCUT2D eigenvalue weighted by Crippen LogP contribution is -1.99. The molecule has 6 heteroatoms. The molecule has 0 spiro atoms. The Hall–Kier alpha value is -2.76. The van der Waals surface area contributed by atoms with Gasteiger partial charge in [-0.25, -0.2) is 9.67 Å². The van der Waals surface area contributed by atoms with E-state index in [1.165, 1.54) is 0 Å². The summed E-state index contributed by atoms with van der Waals surface area (Å²) in [6.07, 6.45) is 5.12. The van der Waals surface area contributed by atoms with Crippen LogP contribution >= 0.6 is 0 Å². The Bertz CT molecular complexity index is 661. The largest absolute Gasteiger partial charge is 0.399 e. The van der Waals surface area contributed by atoms with Gasteiger partial charge in [-0.1, -0.05) is 11.3 Å². The van der Waals surface area contributed by atoms with Crippen LogP contribution < -0.4 is 5.73 Å². The van der Waals surface area contributed by atoms with Crippen molar-refractivity contribution in [1.29, 1.82) is 0 Å². The summed E-state index contributed by atoms with van der Waals surface area (Å²) >= 11 is 0. The fourth-order valence-corrected chi connectivity index (χ4v) is 1.57. The van der Waals surface area contributed by atoms with E-state index < -0.39 is 0 Å². The van der Waals surface area contributed by atoms with Crippen molar-refractivity contribution < 1.29 is 0 Å². The quantitative estimate of drug-likeness (QED) is 0.727. The first-order chi connectivity index (χ1) is 8.83. The maximum Gasteiger partial charge on any atom is 0.157 e. The Morgan fingerprint density at radius 3 is 2.72 bits per heavy atom.